The van der Waals surface area contributed by atoms with E-state index in [9.17, 15) is 9.90 Å². The molecule has 1 amide bonds. The normalized spacial score (nSPS) is 22.6. The number of carbonyl (C=O) groups excluding carboxylic acids is 1. The van der Waals surface area contributed by atoms with Crippen LogP contribution in [0.5, 0.6) is 0 Å². The van der Waals surface area contributed by atoms with Gasteiger partial charge in [0.15, 0.2) is 5.82 Å². The van der Waals surface area contributed by atoms with Gasteiger partial charge in [-0.3, -0.25) is 9.89 Å². The van der Waals surface area contributed by atoms with Crippen LogP contribution in [0.1, 0.15) is 60.5 Å². The molecule has 2 saturated carbocycles. The maximum absolute atomic E-state index is 12.7. The largest absolute Gasteiger partial charge is 0.384 e. The number of nitrogens with zero attached hydrogens (tertiary/aromatic N) is 2. The number of pyridine rings is 1. The van der Waals surface area contributed by atoms with Crippen LogP contribution in [0.25, 0.3) is 0 Å². The van der Waals surface area contributed by atoms with E-state index in [-0.39, 0.29) is 11.8 Å². The monoisotopic (exact) mass is 431 g/mol. The highest BCUT2D eigenvalue weighted by atomic mass is 16.3. The van der Waals surface area contributed by atoms with Gasteiger partial charge < -0.3 is 15.7 Å². The van der Waals surface area contributed by atoms with Crippen molar-refractivity contribution in [2.75, 3.05) is 5.32 Å². The van der Waals surface area contributed by atoms with Crippen LogP contribution in [0.3, 0.4) is 0 Å². The van der Waals surface area contributed by atoms with E-state index in [0.717, 1.165) is 22.6 Å². The van der Waals surface area contributed by atoms with Crippen molar-refractivity contribution >= 4 is 17.5 Å². The Bertz CT molecular complexity index is 1110. The van der Waals surface area contributed by atoms with Crippen molar-refractivity contribution in [3.8, 4) is 0 Å². The fourth-order valence-electron chi connectivity index (χ4n) is 4.52. The fourth-order valence-corrected chi connectivity index (χ4v) is 4.52. The molecular weight excluding hydrogens is 402 g/mol. The number of aliphatic hydroxyl groups is 1. The third-order valence-electron chi connectivity index (χ3n) is 6.49. The zero-order chi connectivity index (χ0) is 22.1. The molecule has 5 rings (SSSR count). The molecule has 0 unspecified atom stereocenters. The molecule has 2 fully saturated rings. The SMILES string of the molecule is Cc1cc(Nc2cc(C3CC3)[nH]n2)nc([C@@]2(O)CC[C@H](C(=O)NCc3ccccc3)C2)c1. The number of aromatic nitrogens is 3. The fraction of sp³-hybridized carbons (Fsp3) is 0.400. The van der Waals surface area contributed by atoms with Crippen LogP contribution in [-0.2, 0) is 16.9 Å². The van der Waals surface area contributed by atoms with E-state index in [1.165, 1.54) is 12.8 Å². The van der Waals surface area contributed by atoms with Crippen molar-refractivity contribution in [2.24, 2.45) is 5.92 Å². The number of H-pyrrole nitrogens is 1. The van der Waals surface area contributed by atoms with Gasteiger partial charge in [-0.05, 0) is 62.3 Å². The molecule has 0 aliphatic heterocycles. The summed E-state index contributed by atoms with van der Waals surface area (Å²) in [5, 5.41) is 25.1. The van der Waals surface area contributed by atoms with Crippen molar-refractivity contribution in [1.82, 2.24) is 20.5 Å². The van der Waals surface area contributed by atoms with Crippen molar-refractivity contribution < 1.29 is 9.90 Å². The maximum atomic E-state index is 12.7. The van der Waals surface area contributed by atoms with E-state index >= 15 is 0 Å². The predicted molar refractivity (Wildman–Crippen MR) is 122 cm³/mol. The molecule has 1 aromatic carbocycles. The van der Waals surface area contributed by atoms with E-state index < -0.39 is 5.60 Å². The van der Waals surface area contributed by atoms with Gasteiger partial charge in [-0.1, -0.05) is 30.3 Å². The van der Waals surface area contributed by atoms with Gasteiger partial charge in [0.2, 0.25) is 5.91 Å². The van der Waals surface area contributed by atoms with E-state index in [2.05, 4.69) is 20.8 Å². The van der Waals surface area contributed by atoms with Crippen molar-refractivity contribution in [3.63, 3.8) is 0 Å². The van der Waals surface area contributed by atoms with E-state index in [1.807, 2.05) is 55.5 Å². The van der Waals surface area contributed by atoms with Gasteiger partial charge in [0.05, 0.1) is 5.69 Å². The maximum Gasteiger partial charge on any atom is 0.223 e. The summed E-state index contributed by atoms with van der Waals surface area (Å²) in [6.45, 7) is 2.48. The lowest BCUT2D eigenvalue weighted by atomic mass is 9.94. The minimum atomic E-state index is -1.11. The van der Waals surface area contributed by atoms with Crippen LogP contribution in [0.2, 0.25) is 0 Å². The van der Waals surface area contributed by atoms with Crippen LogP contribution in [0.4, 0.5) is 11.6 Å². The molecule has 0 bridgehead atoms. The minimum Gasteiger partial charge on any atom is -0.384 e. The Labute approximate surface area is 187 Å². The molecule has 7 nitrogen and oxygen atoms in total. The zero-order valence-electron chi connectivity index (χ0n) is 18.3. The minimum absolute atomic E-state index is 0.0140. The number of benzene rings is 1. The number of aryl methyl sites for hydroxylation is 1. The number of hydrogen-bond donors (Lipinski definition) is 4. The second-order valence-corrected chi connectivity index (χ2v) is 9.20. The molecule has 2 aliphatic rings. The summed E-state index contributed by atoms with van der Waals surface area (Å²) < 4.78 is 0. The van der Waals surface area contributed by atoms with Gasteiger partial charge in [-0.2, -0.15) is 5.10 Å². The highest BCUT2D eigenvalue weighted by Crippen LogP contribution is 2.42. The first-order chi connectivity index (χ1) is 15.5. The molecule has 3 aromatic rings. The van der Waals surface area contributed by atoms with Crippen LogP contribution in [0, 0.1) is 12.8 Å². The molecule has 0 spiro atoms. The van der Waals surface area contributed by atoms with Crippen molar-refractivity contribution in [2.45, 2.75) is 57.1 Å². The van der Waals surface area contributed by atoms with Gasteiger partial charge in [0.25, 0.3) is 0 Å². The number of carbonyl (C=O) groups is 1. The smallest absolute Gasteiger partial charge is 0.223 e. The quantitative estimate of drug-likeness (QED) is 0.452. The average molecular weight is 432 g/mol. The number of anilines is 2. The summed E-state index contributed by atoms with van der Waals surface area (Å²) in [4.78, 5) is 17.4. The second kappa shape index (κ2) is 8.39. The summed E-state index contributed by atoms with van der Waals surface area (Å²) in [7, 11) is 0. The molecular formula is C25H29N5O2. The highest BCUT2D eigenvalue weighted by molar-refractivity contribution is 5.79. The lowest BCUT2D eigenvalue weighted by Crippen LogP contribution is -2.31. The van der Waals surface area contributed by atoms with Crippen LogP contribution >= 0.6 is 0 Å². The Morgan fingerprint density at radius 2 is 1.97 bits per heavy atom. The molecule has 166 valence electrons. The van der Waals surface area contributed by atoms with Gasteiger partial charge in [-0.25, -0.2) is 4.98 Å². The average Bonchev–Trinajstić information content (AvgIpc) is 3.40. The molecule has 0 saturated heterocycles. The number of nitrogens with one attached hydrogen (secondary N) is 3. The zero-order valence-corrected chi connectivity index (χ0v) is 18.3. The van der Waals surface area contributed by atoms with E-state index in [0.29, 0.717) is 43.2 Å². The Morgan fingerprint density at radius 1 is 1.16 bits per heavy atom. The third-order valence-corrected chi connectivity index (χ3v) is 6.49. The molecule has 2 aliphatic carbocycles. The summed E-state index contributed by atoms with van der Waals surface area (Å²) in [5.74, 6) is 1.74. The first-order valence-corrected chi connectivity index (χ1v) is 11.3. The number of aromatic amines is 1. The van der Waals surface area contributed by atoms with E-state index in [4.69, 9.17) is 4.98 Å². The number of amides is 1. The lowest BCUT2D eigenvalue weighted by molar-refractivity contribution is -0.125. The molecule has 4 N–H and O–H groups in total. The van der Waals surface area contributed by atoms with Gasteiger partial charge in [0, 0.05) is 30.1 Å². The standard InChI is InChI=1S/C25H29N5O2/c1-16-11-21(27-22(12-16)28-23-13-20(29-30-23)18-7-8-18)25(32)10-9-19(14-25)24(31)26-15-17-5-3-2-4-6-17/h2-6,11-13,18-19,32H,7-10,14-15H2,1H3,(H,26,31)(H2,27,28,29,30)/t19-,25+/m0/s1. The lowest BCUT2D eigenvalue weighted by Gasteiger charge is -2.23. The first kappa shape index (κ1) is 20.7. The molecule has 7 heteroatoms. The number of hydrogen-bond acceptors (Lipinski definition) is 5. The summed E-state index contributed by atoms with van der Waals surface area (Å²) in [5.41, 5.74) is 2.71. The Kier molecular flexibility index (Phi) is 5.43. The van der Waals surface area contributed by atoms with Crippen LogP contribution < -0.4 is 10.6 Å². The Balaban J connectivity index is 1.25. The summed E-state index contributed by atoms with van der Waals surface area (Å²) in [6.07, 6.45) is 3.95. The highest BCUT2D eigenvalue weighted by Gasteiger charge is 2.43. The topological polar surface area (TPSA) is 103 Å². The Morgan fingerprint density at radius 3 is 2.75 bits per heavy atom. The van der Waals surface area contributed by atoms with Gasteiger partial charge >= 0.3 is 0 Å². The van der Waals surface area contributed by atoms with Gasteiger partial charge in [-0.15, -0.1) is 0 Å². The Hall–Kier alpha value is -3.19. The van der Waals surface area contributed by atoms with Crippen LogP contribution in [0.15, 0.2) is 48.5 Å². The summed E-state index contributed by atoms with van der Waals surface area (Å²) >= 11 is 0. The predicted octanol–water partition coefficient (Wildman–Crippen LogP) is 4.04. The molecule has 2 aromatic heterocycles. The van der Waals surface area contributed by atoms with E-state index in [1.54, 1.807) is 0 Å². The molecule has 32 heavy (non-hydrogen) atoms. The molecule has 2 heterocycles. The molecule has 0 radical (unpaired) electrons. The first-order valence-electron chi connectivity index (χ1n) is 11.3. The van der Waals surface area contributed by atoms with Gasteiger partial charge in [0.1, 0.15) is 11.4 Å². The van der Waals surface area contributed by atoms with Crippen molar-refractivity contribution in [3.05, 3.63) is 71.0 Å². The second-order valence-electron chi connectivity index (χ2n) is 9.20. The molecule has 2 atom stereocenters. The summed E-state index contributed by atoms with van der Waals surface area (Å²) in [6, 6.07) is 15.7. The third kappa shape index (κ3) is 4.53. The van der Waals surface area contributed by atoms with Crippen molar-refractivity contribution in [1.29, 1.82) is 0 Å². The number of rotatable bonds is 7. The van der Waals surface area contributed by atoms with Crippen LogP contribution in [-0.4, -0.2) is 26.2 Å².